The van der Waals surface area contributed by atoms with E-state index in [1.807, 2.05) is 48.5 Å². The molecule has 4 nitrogen and oxygen atoms in total. The molecule has 0 aliphatic rings. The number of aromatic carboxylic acids is 1. The summed E-state index contributed by atoms with van der Waals surface area (Å²) in [5, 5.41) is 12.7. The van der Waals surface area contributed by atoms with Crippen molar-refractivity contribution in [1.29, 1.82) is 0 Å². The molecule has 0 unspecified atom stereocenters. The number of halogens is 2. The first-order valence-corrected chi connectivity index (χ1v) is 11.9. The second-order valence-electron chi connectivity index (χ2n) is 7.98. The number of nitrogens with zero attached hydrogens (tertiary/aromatic N) is 1. The van der Waals surface area contributed by atoms with Crippen LogP contribution in [0.5, 0.6) is 0 Å². The van der Waals surface area contributed by atoms with Gasteiger partial charge in [0.05, 0.1) is 17.1 Å². The van der Waals surface area contributed by atoms with Crippen molar-refractivity contribution in [3.05, 3.63) is 123 Å². The summed E-state index contributed by atoms with van der Waals surface area (Å²) in [6, 6.07) is 26.7. The van der Waals surface area contributed by atoms with E-state index in [1.165, 1.54) is 23.3 Å². The molecular formula is C28H24BrFN2O2. The van der Waals surface area contributed by atoms with Crippen molar-refractivity contribution in [2.45, 2.75) is 25.7 Å². The van der Waals surface area contributed by atoms with Crippen molar-refractivity contribution in [1.82, 2.24) is 4.98 Å². The molecule has 4 rings (SSSR count). The summed E-state index contributed by atoms with van der Waals surface area (Å²) in [7, 11) is 0. The first kappa shape index (κ1) is 23.6. The molecule has 0 saturated heterocycles. The molecule has 172 valence electrons. The minimum Gasteiger partial charge on any atom is -0.478 e. The summed E-state index contributed by atoms with van der Waals surface area (Å²) in [4.78, 5) is 16.7. The average Bonchev–Trinajstić information content (AvgIpc) is 2.85. The van der Waals surface area contributed by atoms with Crippen LogP contribution in [0.3, 0.4) is 0 Å². The Labute approximate surface area is 206 Å². The van der Waals surface area contributed by atoms with Gasteiger partial charge in [-0.2, -0.15) is 0 Å². The Morgan fingerprint density at radius 3 is 2.06 bits per heavy atom. The third kappa shape index (κ3) is 5.88. The van der Waals surface area contributed by atoms with Gasteiger partial charge in [0.2, 0.25) is 0 Å². The maximum Gasteiger partial charge on any atom is 0.339 e. The zero-order valence-electron chi connectivity index (χ0n) is 18.5. The molecule has 0 bridgehead atoms. The third-order valence-electron chi connectivity index (χ3n) is 5.61. The van der Waals surface area contributed by atoms with Crippen molar-refractivity contribution in [3.8, 4) is 0 Å². The molecule has 0 spiro atoms. The number of benzene rings is 3. The molecule has 1 heterocycles. The molecule has 0 atom stereocenters. The highest BCUT2D eigenvalue weighted by Gasteiger charge is 2.20. The molecule has 6 heteroatoms. The largest absolute Gasteiger partial charge is 0.478 e. The first-order chi connectivity index (χ1) is 16.5. The Balaban J connectivity index is 1.64. The van der Waals surface area contributed by atoms with Gasteiger partial charge in [-0.05, 0) is 77.0 Å². The summed E-state index contributed by atoms with van der Waals surface area (Å²) in [5.41, 5.74) is 4.47. The Bertz CT molecular complexity index is 1280. The number of anilines is 2. The lowest BCUT2D eigenvalue weighted by atomic mass is 10.0. The fourth-order valence-electron chi connectivity index (χ4n) is 3.83. The molecule has 34 heavy (non-hydrogen) atoms. The third-order valence-corrected chi connectivity index (χ3v) is 6.28. The van der Waals surface area contributed by atoms with Crippen LogP contribution in [-0.4, -0.2) is 16.1 Å². The van der Waals surface area contributed by atoms with Crippen molar-refractivity contribution in [3.63, 3.8) is 0 Å². The van der Waals surface area contributed by atoms with E-state index in [0.29, 0.717) is 16.6 Å². The van der Waals surface area contributed by atoms with Crippen molar-refractivity contribution < 1.29 is 14.3 Å². The normalized spacial score (nSPS) is 10.8. The number of carboxylic acids is 1. The zero-order valence-corrected chi connectivity index (χ0v) is 20.1. The molecule has 0 radical (unpaired) electrons. The van der Waals surface area contributed by atoms with Crippen molar-refractivity contribution >= 4 is 33.3 Å². The van der Waals surface area contributed by atoms with Gasteiger partial charge in [-0.3, -0.25) is 4.98 Å². The number of carboxylic acid groups (broad SMARTS) is 1. The molecule has 0 aliphatic heterocycles. The minimum atomic E-state index is -1.22. The van der Waals surface area contributed by atoms with Gasteiger partial charge in [0, 0.05) is 10.2 Å². The van der Waals surface area contributed by atoms with Gasteiger partial charge < -0.3 is 10.4 Å². The first-order valence-electron chi connectivity index (χ1n) is 11.1. The predicted molar refractivity (Wildman–Crippen MR) is 136 cm³/mol. The van der Waals surface area contributed by atoms with E-state index < -0.39 is 11.8 Å². The second kappa shape index (κ2) is 11.1. The van der Waals surface area contributed by atoms with E-state index in [-0.39, 0.29) is 11.3 Å². The maximum absolute atomic E-state index is 14.7. The molecule has 1 aromatic heterocycles. The van der Waals surface area contributed by atoms with Crippen LogP contribution >= 0.6 is 15.9 Å². The maximum atomic E-state index is 14.7. The highest BCUT2D eigenvalue weighted by atomic mass is 79.9. The van der Waals surface area contributed by atoms with Crippen LogP contribution in [-0.2, 0) is 25.7 Å². The van der Waals surface area contributed by atoms with E-state index >= 15 is 0 Å². The quantitative estimate of drug-likeness (QED) is 0.250. The number of hydrogen-bond acceptors (Lipinski definition) is 3. The number of pyridine rings is 1. The summed E-state index contributed by atoms with van der Waals surface area (Å²) in [6.45, 7) is 0. The van der Waals surface area contributed by atoms with Crippen LogP contribution in [0, 0.1) is 5.82 Å². The van der Waals surface area contributed by atoms with Crippen LogP contribution in [0.1, 0.15) is 32.9 Å². The van der Waals surface area contributed by atoms with Crippen molar-refractivity contribution in [2.75, 3.05) is 5.32 Å². The number of rotatable bonds is 9. The number of aryl methyl sites for hydroxylation is 4. The number of aromatic nitrogens is 1. The summed E-state index contributed by atoms with van der Waals surface area (Å²) in [6.07, 6.45) is 3.03. The topological polar surface area (TPSA) is 62.2 Å². The van der Waals surface area contributed by atoms with E-state index in [0.717, 1.165) is 30.7 Å². The highest BCUT2D eigenvalue weighted by Crippen LogP contribution is 2.32. The Kier molecular flexibility index (Phi) is 7.70. The average molecular weight is 519 g/mol. The van der Waals surface area contributed by atoms with Gasteiger partial charge >= 0.3 is 5.97 Å². The number of carbonyl (C=O) groups is 1. The zero-order chi connectivity index (χ0) is 23.9. The number of nitrogens with one attached hydrogen (secondary N) is 1. The molecule has 0 aliphatic carbocycles. The van der Waals surface area contributed by atoms with E-state index in [1.54, 1.807) is 0 Å². The van der Waals surface area contributed by atoms with E-state index in [4.69, 9.17) is 4.98 Å². The molecule has 3 aromatic carbocycles. The van der Waals surface area contributed by atoms with Crippen LogP contribution in [0.2, 0.25) is 0 Å². The lowest BCUT2D eigenvalue weighted by Gasteiger charge is -2.16. The lowest BCUT2D eigenvalue weighted by Crippen LogP contribution is -2.09. The lowest BCUT2D eigenvalue weighted by molar-refractivity contribution is 0.0696. The Hall–Kier alpha value is -3.51. The minimum absolute atomic E-state index is 0.0818. The Morgan fingerprint density at radius 1 is 0.824 bits per heavy atom. The van der Waals surface area contributed by atoms with Crippen LogP contribution < -0.4 is 5.32 Å². The predicted octanol–water partition coefficient (Wildman–Crippen LogP) is 7.00. The highest BCUT2D eigenvalue weighted by molar-refractivity contribution is 9.10. The fourth-order valence-corrected chi connectivity index (χ4v) is 4.33. The second-order valence-corrected chi connectivity index (χ2v) is 8.83. The molecule has 2 N–H and O–H groups in total. The molecule has 0 fully saturated rings. The summed E-state index contributed by atoms with van der Waals surface area (Å²) < 4.78 is 15.0. The van der Waals surface area contributed by atoms with Gasteiger partial charge in [0.25, 0.3) is 0 Å². The standard InChI is InChI=1S/C28H24BrFN2O2/c29-22-15-16-23(30)27(26(22)28(33)34)32-25-18-14-21(13-11-19-7-3-1-4-8-19)31-24(25)17-12-20-9-5-2-6-10-20/h1-10,14-16,18,32H,11-13,17H2,(H,33,34). The molecule has 0 amide bonds. The van der Waals surface area contributed by atoms with Gasteiger partial charge in [-0.1, -0.05) is 60.7 Å². The summed E-state index contributed by atoms with van der Waals surface area (Å²) >= 11 is 3.23. The summed E-state index contributed by atoms with van der Waals surface area (Å²) in [5.74, 6) is -1.85. The van der Waals surface area contributed by atoms with Gasteiger partial charge in [0.1, 0.15) is 11.4 Å². The SMILES string of the molecule is O=C(O)c1c(Br)ccc(F)c1Nc1ccc(CCc2ccccc2)nc1CCc1ccccc1. The van der Waals surface area contributed by atoms with Crippen LogP contribution in [0.25, 0.3) is 0 Å². The van der Waals surface area contributed by atoms with Gasteiger partial charge in [-0.25, -0.2) is 9.18 Å². The van der Waals surface area contributed by atoms with Crippen LogP contribution in [0.4, 0.5) is 15.8 Å². The van der Waals surface area contributed by atoms with Crippen LogP contribution in [0.15, 0.2) is 89.4 Å². The van der Waals surface area contributed by atoms with Crippen molar-refractivity contribution in [2.24, 2.45) is 0 Å². The molecule has 4 aromatic rings. The number of hydrogen-bond donors (Lipinski definition) is 2. The molecule has 0 saturated carbocycles. The van der Waals surface area contributed by atoms with E-state index in [2.05, 4.69) is 45.5 Å². The smallest absolute Gasteiger partial charge is 0.339 e. The van der Waals surface area contributed by atoms with Gasteiger partial charge in [-0.15, -0.1) is 0 Å². The monoisotopic (exact) mass is 518 g/mol. The fraction of sp³-hybridized carbons (Fsp3) is 0.143. The Morgan fingerprint density at radius 2 is 1.44 bits per heavy atom. The molecular weight excluding hydrogens is 495 g/mol. The van der Waals surface area contributed by atoms with Gasteiger partial charge in [0.15, 0.2) is 0 Å². The van der Waals surface area contributed by atoms with E-state index in [9.17, 15) is 14.3 Å².